The SMILES string of the molecule is COc1ccc(CN2CCn3cc(-c4ccncc4)c(Cl)c3C2=O)cc1. The van der Waals surface area contributed by atoms with Crippen LogP contribution in [0.4, 0.5) is 0 Å². The number of ether oxygens (including phenoxy) is 1. The van der Waals surface area contributed by atoms with Crippen LogP contribution < -0.4 is 4.74 Å². The zero-order chi connectivity index (χ0) is 18.1. The van der Waals surface area contributed by atoms with Crippen LogP contribution in [0.3, 0.4) is 0 Å². The standard InChI is InChI=1S/C20H18ClN3O2/c1-26-16-4-2-14(3-5-16)12-24-11-10-23-13-17(15-6-8-22-9-7-15)18(21)19(23)20(24)25/h2-9,13H,10-12H2,1H3. The van der Waals surface area contributed by atoms with Crippen LogP contribution in [0.2, 0.25) is 5.02 Å². The third-order valence-electron chi connectivity index (χ3n) is 4.64. The molecule has 0 aliphatic carbocycles. The second kappa shape index (κ2) is 6.84. The molecule has 0 fully saturated rings. The highest BCUT2D eigenvalue weighted by Crippen LogP contribution is 2.34. The predicted molar refractivity (Wildman–Crippen MR) is 100 cm³/mol. The Hall–Kier alpha value is -2.79. The molecule has 0 atom stereocenters. The molecule has 0 saturated heterocycles. The average molecular weight is 368 g/mol. The summed E-state index contributed by atoms with van der Waals surface area (Å²) in [6.45, 7) is 1.93. The zero-order valence-corrected chi connectivity index (χ0v) is 15.1. The van der Waals surface area contributed by atoms with Gasteiger partial charge in [0.05, 0.1) is 12.1 Å². The van der Waals surface area contributed by atoms with Crippen LogP contribution in [0.1, 0.15) is 16.1 Å². The maximum Gasteiger partial charge on any atom is 0.272 e. The Labute approximate surface area is 156 Å². The minimum absolute atomic E-state index is 0.0441. The van der Waals surface area contributed by atoms with Gasteiger partial charge in [0.25, 0.3) is 5.91 Å². The summed E-state index contributed by atoms with van der Waals surface area (Å²) in [5.41, 5.74) is 3.44. The van der Waals surface area contributed by atoms with Gasteiger partial charge in [0.1, 0.15) is 11.4 Å². The molecule has 4 rings (SSSR count). The topological polar surface area (TPSA) is 47.4 Å². The maximum atomic E-state index is 13.0. The largest absolute Gasteiger partial charge is 0.497 e. The Kier molecular flexibility index (Phi) is 4.39. The van der Waals surface area contributed by atoms with Crippen molar-refractivity contribution in [3.63, 3.8) is 0 Å². The van der Waals surface area contributed by atoms with E-state index in [2.05, 4.69) is 4.98 Å². The number of aromatic nitrogens is 2. The molecule has 1 aromatic carbocycles. The molecule has 3 aromatic rings. The molecule has 0 bridgehead atoms. The van der Waals surface area contributed by atoms with Crippen LogP contribution in [0.15, 0.2) is 55.0 Å². The number of fused-ring (bicyclic) bond motifs is 1. The van der Waals surface area contributed by atoms with E-state index in [1.165, 1.54) is 0 Å². The van der Waals surface area contributed by atoms with E-state index >= 15 is 0 Å². The van der Waals surface area contributed by atoms with Gasteiger partial charge in [-0.25, -0.2) is 0 Å². The van der Waals surface area contributed by atoms with Crippen LogP contribution in [0.5, 0.6) is 5.75 Å². The third-order valence-corrected chi connectivity index (χ3v) is 5.02. The average Bonchev–Trinajstić information content (AvgIpc) is 3.02. The molecule has 0 saturated carbocycles. The number of carbonyl (C=O) groups is 1. The first-order chi connectivity index (χ1) is 12.7. The molecular formula is C20H18ClN3O2. The highest BCUT2D eigenvalue weighted by atomic mass is 35.5. The number of methoxy groups -OCH3 is 1. The van der Waals surface area contributed by atoms with Gasteiger partial charge in [-0.3, -0.25) is 9.78 Å². The molecular weight excluding hydrogens is 350 g/mol. The normalized spacial score (nSPS) is 13.6. The van der Waals surface area contributed by atoms with Crippen LogP contribution in [-0.4, -0.2) is 34.0 Å². The second-order valence-corrected chi connectivity index (χ2v) is 6.59. The van der Waals surface area contributed by atoms with E-state index in [1.54, 1.807) is 19.5 Å². The number of hydrogen-bond donors (Lipinski definition) is 0. The highest BCUT2D eigenvalue weighted by Gasteiger charge is 2.29. The lowest BCUT2D eigenvalue weighted by Crippen LogP contribution is -2.39. The van der Waals surface area contributed by atoms with E-state index in [1.807, 2.05) is 52.1 Å². The molecule has 1 aliphatic rings. The van der Waals surface area contributed by atoms with E-state index < -0.39 is 0 Å². The van der Waals surface area contributed by atoms with Crippen molar-refractivity contribution in [1.82, 2.24) is 14.5 Å². The third kappa shape index (κ3) is 2.95. The lowest BCUT2D eigenvalue weighted by molar-refractivity contribution is 0.0691. The molecule has 1 amide bonds. The number of halogens is 1. The van der Waals surface area contributed by atoms with Gasteiger partial charge in [0.15, 0.2) is 0 Å². The van der Waals surface area contributed by atoms with E-state index in [4.69, 9.17) is 16.3 Å². The summed E-state index contributed by atoms with van der Waals surface area (Å²) < 4.78 is 7.13. The lowest BCUT2D eigenvalue weighted by Gasteiger charge is -2.28. The van der Waals surface area contributed by atoms with Crippen molar-refractivity contribution < 1.29 is 9.53 Å². The molecule has 5 nitrogen and oxygen atoms in total. The summed E-state index contributed by atoms with van der Waals surface area (Å²) in [4.78, 5) is 18.9. The van der Waals surface area contributed by atoms with Gasteiger partial charge in [-0.1, -0.05) is 23.7 Å². The smallest absolute Gasteiger partial charge is 0.272 e. The fraction of sp³-hybridized carbons (Fsp3) is 0.200. The van der Waals surface area contributed by atoms with E-state index in [0.717, 1.165) is 29.0 Å². The first-order valence-electron chi connectivity index (χ1n) is 8.38. The van der Waals surface area contributed by atoms with Gasteiger partial charge < -0.3 is 14.2 Å². The molecule has 0 radical (unpaired) electrons. The first-order valence-corrected chi connectivity index (χ1v) is 8.76. The Bertz CT molecular complexity index is 936. The number of benzene rings is 1. The Morgan fingerprint density at radius 3 is 2.54 bits per heavy atom. The summed E-state index contributed by atoms with van der Waals surface area (Å²) in [6, 6.07) is 11.6. The number of carbonyl (C=O) groups excluding carboxylic acids is 1. The van der Waals surface area contributed by atoms with Gasteiger partial charge in [0, 0.05) is 43.8 Å². The Balaban J connectivity index is 1.61. The highest BCUT2D eigenvalue weighted by molar-refractivity contribution is 6.36. The van der Waals surface area contributed by atoms with Gasteiger partial charge in [-0.15, -0.1) is 0 Å². The molecule has 0 spiro atoms. The second-order valence-electron chi connectivity index (χ2n) is 6.21. The molecule has 0 unspecified atom stereocenters. The summed E-state index contributed by atoms with van der Waals surface area (Å²) in [6.07, 6.45) is 5.40. The number of rotatable bonds is 4. The van der Waals surface area contributed by atoms with Crippen molar-refractivity contribution >= 4 is 17.5 Å². The molecule has 1 aliphatic heterocycles. The van der Waals surface area contributed by atoms with Crippen LogP contribution >= 0.6 is 11.6 Å². The first kappa shape index (κ1) is 16.7. The zero-order valence-electron chi connectivity index (χ0n) is 14.4. The number of amides is 1. The van der Waals surface area contributed by atoms with Gasteiger partial charge >= 0.3 is 0 Å². The van der Waals surface area contributed by atoms with Crippen molar-refractivity contribution in [2.45, 2.75) is 13.1 Å². The fourth-order valence-electron chi connectivity index (χ4n) is 3.24. The summed E-state index contributed by atoms with van der Waals surface area (Å²) in [5, 5.41) is 0.501. The van der Waals surface area contributed by atoms with E-state index in [0.29, 0.717) is 23.8 Å². The Morgan fingerprint density at radius 1 is 1.12 bits per heavy atom. The maximum absolute atomic E-state index is 13.0. The van der Waals surface area contributed by atoms with Crippen molar-refractivity contribution in [3.8, 4) is 16.9 Å². The van der Waals surface area contributed by atoms with Gasteiger partial charge in [-0.05, 0) is 35.4 Å². The Morgan fingerprint density at radius 2 is 1.85 bits per heavy atom. The van der Waals surface area contributed by atoms with Gasteiger partial charge in [-0.2, -0.15) is 0 Å². The van der Waals surface area contributed by atoms with E-state index in [-0.39, 0.29) is 5.91 Å². The fourth-order valence-corrected chi connectivity index (χ4v) is 3.59. The molecule has 3 heterocycles. The lowest BCUT2D eigenvalue weighted by atomic mass is 10.1. The minimum atomic E-state index is -0.0441. The molecule has 6 heteroatoms. The monoisotopic (exact) mass is 367 g/mol. The van der Waals surface area contributed by atoms with Crippen molar-refractivity contribution in [3.05, 3.63) is 71.3 Å². The molecule has 2 aromatic heterocycles. The number of hydrogen-bond acceptors (Lipinski definition) is 3. The van der Waals surface area contributed by atoms with Gasteiger partial charge in [0.2, 0.25) is 0 Å². The molecule has 132 valence electrons. The molecule has 0 N–H and O–H groups in total. The minimum Gasteiger partial charge on any atom is -0.497 e. The summed E-state index contributed by atoms with van der Waals surface area (Å²) >= 11 is 6.57. The number of pyridine rings is 1. The van der Waals surface area contributed by atoms with Crippen LogP contribution in [-0.2, 0) is 13.1 Å². The number of nitrogens with zero attached hydrogens (tertiary/aromatic N) is 3. The van der Waals surface area contributed by atoms with Crippen molar-refractivity contribution in [2.75, 3.05) is 13.7 Å². The van der Waals surface area contributed by atoms with Crippen LogP contribution in [0.25, 0.3) is 11.1 Å². The summed E-state index contributed by atoms with van der Waals surface area (Å²) in [7, 11) is 1.64. The predicted octanol–water partition coefficient (Wildman–Crippen LogP) is 3.87. The molecule has 26 heavy (non-hydrogen) atoms. The van der Waals surface area contributed by atoms with Crippen LogP contribution in [0, 0.1) is 0 Å². The summed E-state index contributed by atoms with van der Waals surface area (Å²) in [5.74, 6) is 0.759. The van der Waals surface area contributed by atoms with E-state index in [9.17, 15) is 4.79 Å². The van der Waals surface area contributed by atoms with Crippen molar-refractivity contribution in [1.29, 1.82) is 0 Å². The quantitative estimate of drug-likeness (QED) is 0.703. The van der Waals surface area contributed by atoms with Crippen molar-refractivity contribution in [2.24, 2.45) is 0 Å².